The Bertz CT molecular complexity index is 1060. The maximum atomic E-state index is 13.4. The van der Waals surface area contributed by atoms with Gasteiger partial charge < -0.3 is 10.1 Å². The number of benzene rings is 1. The van der Waals surface area contributed by atoms with Gasteiger partial charge in [-0.2, -0.15) is 0 Å². The van der Waals surface area contributed by atoms with Crippen LogP contribution in [0.1, 0.15) is 38.5 Å². The highest BCUT2D eigenvalue weighted by molar-refractivity contribution is 7.80. The van der Waals surface area contributed by atoms with E-state index in [1.807, 2.05) is 4.68 Å². The van der Waals surface area contributed by atoms with E-state index >= 15 is 0 Å². The number of carbonyl (C=O) groups excluding carboxylic acids is 1. The molecular formula is C21H24Cl2N6O2S. The molecule has 0 aliphatic heterocycles. The number of rotatable bonds is 4. The zero-order chi connectivity index (χ0) is 22.5. The maximum Gasteiger partial charge on any atom is 0.244 e. The summed E-state index contributed by atoms with van der Waals surface area (Å²) in [5, 5.41) is 8.48. The van der Waals surface area contributed by atoms with Crippen molar-refractivity contribution >= 4 is 52.1 Å². The van der Waals surface area contributed by atoms with Crippen LogP contribution in [0.2, 0.25) is 10.3 Å². The van der Waals surface area contributed by atoms with E-state index in [1.165, 1.54) is 6.42 Å². The topological polar surface area (TPSA) is 93.1 Å². The number of ether oxygens (including phenoxy) is 1. The van der Waals surface area contributed by atoms with Gasteiger partial charge in [0.25, 0.3) is 0 Å². The number of hydrogen-bond acceptors (Lipinski definition) is 5. The van der Waals surface area contributed by atoms with Gasteiger partial charge in [0.2, 0.25) is 11.2 Å². The predicted molar refractivity (Wildman–Crippen MR) is 126 cm³/mol. The molecule has 4 saturated carbocycles. The summed E-state index contributed by atoms with van der Waals surface area (Å²) in [7, 11) is 1.57. The number of amides is 1. The lowest BCUT2D eigenvalue weighted by Crippen LogP contribution is -2.62. The number of nitrogens with one attached hydrogen (secondary N) is 3. The molecule has 4 fully saturated rings. The largest absolute Gasteiger partial charge is 0.495 e. The highest BCUT2D eigenvalue weighted by atomic mass is 35.5. The highest BCUT2D eigenvalue weighted by Gasteiger charge is 2.61. The standard InChI is InChI=1S/C21H24Cl2N6O2S/c1-31-16-3-2-14(22)5-15(16)25-19(32)27-26-17(30)20-6-12-4-13(7-20)9-21(8-12,10-20)29-11-24-18(23)28-29/h2-3,5,11-13H,4,6-10H2,1H3,(H,26,30)(H2,25,27,32)/t12-,13+,20?,21?. The number of carbonyl (C=O) groups is 1. The first-order chi connectivity index (χ1) is 15.3. The monoisotopic (exact) mass is 494 g/mol. The molecule has 0 radical (unpaired) electrons. The molecule has 170 valence electrons. The Morgan fingerprint density at radius 3 is 2.62 bits per heavy atom. The molecule has 1 amide bonds. The van der Waals surface area contributed by atoms with E-state index in [9.17, 15) is 4.79 Å². The van der Waals surface area contributed by atoms with E-state index in [4.69, 9.17) is 40.2 Å². The minimum Gasteiger partial charge on any atom is -0.495 e. The molecule has 1 aromatic heterocycles. The third kappa shape index (κ3) is 3.80. The van der Waals surface area contributed by atoms with Gasteiger partial charge in [0, 0.05) is 5.02 Å². The molecule has 4 atom stereocenters. The van der Waals surface area contributed by atoms with Crippen molar-refractivity contribution < 1.29 is 9.53 Å². The Morgan fingerprint density at radius 1 is 1.22 bits per heavy atom. The van der Waals surface area contributed by atoms with Crippen LogP contribution in [-0.2, 0) is 10.3 Å². The fraction of sp³-hybridized carbons (Fsp3) is 0.524. The van der Waals surface area contributed by atoms with Gasteiger partial charge >= 0.3 is 0 Å². The molecule has 6 rings (SSSR count). The van der Waals surface area contributed by atoms with Crippen LogP contribution in [0.5, 0.6) is 5.75 Å². The summed E-state index contributed by atoms with van der Waals surface area (Å²) in [6.07, 6.45) is 7.38. The summed E-state index contributed by atoms with van der Waals surface area (Å²) in [5.41, 5.74) is 5.65. The van der Waals surface area contributed by atoms with Crippen molar-refractivity contribution in [2.75, 3.05) is 12.4 Å². The molecule has 2 unspecified atom stereocenters. The number of aromatic nitrogens is 3. The maximum absolute atomic E-state index is 13.4. The summed E-state index contributed by atoms with van der Waals surface area (Å²) < 4.78 is 7.23. The van der Waals surface area contributed by atoms with Gasteiger partial charge in [0.15, 0.2) is 5.11 Å². The summed E-state index contributed by atoms with van der Waals surface area (Å²) in [4.78, 5) is 17.6. The van der Waals surface area contributed by atoms with Crippen molar-refractivity contribution in [2.45, 2.75) is 44.1 Å². The first-order valence-corrected chi connectivity index (χ1v) is 11.8. The molecule has 3 N–H and O–H groups in total. The summed E-state index contributed by atoms with van der Waals surface area (Å²) in [5.74, 6) is 1.54. The van der Waals surface area contributed by atoms with E-state index in [0.29, 0.717) is 28.3 Å². The number of hydrogen-bond donors (Lipinski definition) is 3. The molecule has 4 aliphatic rings. The minimum absolute atomic E-state index is 0.0376. The van der Waals surface area contributed by atoms with E-state index in [-0.39, 0.29) is 21.8 Å². The van der Waals surface area contributed by atoms with E-state index in [0.717, 1.165) is 32.1 Å². The van der Waals surface area contributed by atoms with Crippen LogP contribution in [0.25, 0.3) is 0 Å². The second kappa shape index (κ2) is 8.04. The van der Waals surface area contributed by atoms with E-state index in [1.54, 1.807) is 31.6 Å². The average molecular weight is 495 g/mol. The Labute approximate surface area is 201 Å². The Morgan fingerprint density at radius 2 is 1.97 bits per heavy atom. The van der Waals surface area contributed by atoms with Crippen LogP contribution in [0.3, 0.4) is 0 Å². The van der Waals surface area contributed by atoms with Gasteiger partial charge in [-0.15, -0.1) is 5.10 Å². The number of nitrogens with zero attached hydrogens (tertiary/aromatic N) is 3. The van der Waals surface area contributed by atoms with Gasteiger partial charge in [-0.25, -0.2) is 9.67 Å². The smallest absolute Gasteiger partial charge is 0.244 e. The Hall–Kier alpha value is -2.10. The predicted octanol–water partition coefficient (Wildman–Crippen LogP) is 3.91. The molecule has 0 saturated heterocycles. The normalized spacial score (nSPS) is 30.1. The molecule has 1 aromatic carbocycles. The van der Waals surface area contributed by atoms with Crippen LogP contribution < -0.4 is 20.9 Å². The summed E-state index contributed by atoms with van der Waals surface area (Å²) in [6.45, 7) is 0. The van der Waals surface area contributed by atoms with E-state index < -0.39 is 5.41 Å². The van der Waals surface area contributed by atoms with Crippen LogP contribution in [0.4, 0.5) is 5.69 Å². The number of methoxy groups -OCH3 is 1. The van der Waals surface area contributed by atoms with Gasteiger partial charge in [-0.1, -0.05) is 11.6 Å². The third-order valence-corrected chi connectivity index (χ3v) is 7.77. The number of thiocarbonyl (C=S) groups is 1. The van der Waals surface area contributed by atoms with Gasteiger partial charge in [0.05, 0.1) is 23.8 Å². The SMILES string of the molecule is COc1ccc(Cl)cc1NC(=S)NNC(=O)C12C[C@H]3C[C@@H](C1)CC(n1cnc(Cl)n1)(C3)C2. The van der Waals surface area contributed by atoms with Crippen LogP contribution in [0, 0.1) is 17.3 Å². The Kier molecular flexibility index (Phi) is 5.46. The number of anilines is 1. The third-order valence-electron chi connectivity index (χ3n) is 7.16. The van der Waals surface area contributed by atoms with Crippen molar-refractivity contribution in [3.8, 4) is 5.75 Å². The lowest BCUT2D eigenvalue weighted by Gasteiger charge is -2.60. The second-order valence-electron chi connectivity index (χ2n) is 9.30. The minimum atomic E-state index is -0.459. The van der Waals surface area contributed by atoms with Crippen molar-refractivity contribution in [1.82, 2.24) is 25.6 Å². The molecule has 0 spiro atoms. The summed E-state index contributed by atoms with van der Waals surface area (Å²) in [6, 6.07) is 5.19. The average Bonchev–Trinajstić information content (AvgIpc) is 3.18. The first kappa shape index (κ1) is 21.7. The quantitative estimate of drug-likeness (QED) is 0.438. The number of hydrazine groups is 1. The molecular weight excluding hydrogens is 471 g/mol. The molecule has 4 bridgehead atoms. The van der Waals surface area contributed by atoms with Crippen molar-refractivity contribution in [2.24, 2.45) is 17.3 Å². The Balaban J connectivity index is 1.28. The molecule has 1 heterocycles. The summed E-state index contributed by atoms with van der Waals surface area (Å²) >= 11 is 17.5. The zero-order valence-corrected chi connectivity index (χ0v) is 19.9. The van der Waals surface area contributed by atoms with E-state index in [2.05, 4.69) is 26.3 Å². The first-order valence-electron chi connectivity index (χ1n) is 10.6. The molecule has 8 nitrogen and oxygen atoms in total. The van der Waals surface area contributed by atoms with Crippen LogP contribution in [0.15, 0.2) is 24.5 Å². The fourth-order valence-corrected chi connectivity index (χ4v) is 6.86. The highest BCUT2D eigenvalue weighted by Crippen LogP contribution is 2.64. The zero-order valence-electron chi connectivity index (χ0n) is 17.5. The number of halogens is 2. The van der Waals surface area contributed by atoms with Crippen LogP contribution in [-0.4, -0.2) is 32.9 Å². The molecule has 2 aromatic rings. The lowest BCUT2D eigenvalue weighted by molar-refractivity contribution is -0.156. The molecule has 4 aliphatic carbocycles. The fourth-order valence-electron chi connectivity index (χ4n) is 6.40. The second-order valence-corrected chi connectivity index (χ2v) is 10.5. The van der Waals surface area contributed by atoms with Crippen molar-refractivity contribution in [3.05, 3.63) is 34.8 Å². The molecule has 32 heavy (non-hydrogen) atoms. The van der Waals surface area contributed by atoms with Gasteiger partial charge in [0.1, 0.15) is 12.1 Å². The van der Waals surface area contributed by atoms with Crippen molar-refractivity contribution in [3.63, 3.8) is 0 Å². The van der Waals surface area contributed by atoms with Gasteiger partial charge in [-0.05, 0) is 92.4 Å². The van der Waals surface area contributed by atoms with Crippen molar-refractivity contribution in [1.29, 1.82) is 0 Å². The van der Waals surface area contributed by atoms with Crippen LogP contribution >= 0.6 is 35.4 Å². The lowest BCUT2D eigenvalue weighted by atomic mass is 9.46. The van der Waals surface area contributed by atoms with Gasteiger partial charge in [-0.3, -0.25) is 15.6 Å². The molecule has 11 heteroatoms.